The van der Waals surface area contributed by atoms with Gasteiger partial charge in [0.2, 0.25) is 0 Å². The zero-order chi connectivity index (χ0) is 26.1. The largest absolute Gasteiger partial charge is 0.493 e. The Hall–Kier alpha value is -4.90. The zero-order valence-electron chi connectivity index (χ0n) is 20.0. The molecule has 1 N–H and O–H groups in total. The van der Waals surface area contributed by atoms with E-state index in [0.29, 0.717) is 28.1 Å². The Balaban J connectivity index is 1.78. The molecule has 0 radical (unpaired) electrons. The average Bonchev–Trinajstić information content (AvgIpc) is 2.88. The van der Waals surface area contributed by atoms with Crippen molar-refractivity contribution in [3.05, 3.63) is 94.6 Å². The van der Waals surface area contributed by atoms with Crippen LogP contribution < -0.4 is 14.8 Å². The van der Waals surface area contributed by atoms with Crippen molar-refractivity contribution in [3.63, 3.8) is 0 Å². The van der Waals surface area contributed by atoms with Crippen LogP contribution in [0.4, 0.5) is 5.69 Å². The number of hydrogen-bond donors (Lipinski definition) is 1. The Morgan fingerprint density at radius 3 is 2.17 bits per heavy atom. The molecular formula is C28H24N2O6. The van der Waals surface area contributed by atoms with E-state index >= 15 is 0 Å². The lowest BCUT2D eigenvalue weighted by molar-refractivity contribution is -0.112. The molecule has 0 aliphatic carbocycles. The number of aryl methyl sites for hydroxylation is 1. The van der Waals surface area contributed by atoms with Crippen molar-refractivity contribution in [2.45, 2.75) is 13.8 Å². The first-order chi connectivity index (χ1) is 17.3. The highest BCUT2D eigenvalue weighted by atomic mass is 16.6. The monoisotopic (exact) mass is 484 g/mol. The quantitative estimate of drug-likeness (QED) is 0.208. The van der Waals surface area contributed by atoms with Crippen LogP contribution >= 0.6 is 0 Å². The second-order valence-corrected chi connectivity index (χ2v) is 7.59. The Morgan fingerprint density at radius 1 is 0.917 bits per heavy atom. The predicted molar refractivity (Wildman–Crippen MR) is 134 cm³/mol. The van der Waals surface area contributed by atoms with Crippen molar-refractivity contribution >= 4 is 29.6 Å². The van der Waals surface area contributed by atoms with Crippen LogP contribution in [0.2, 0.25) is 0 Å². The van der Waals surface area contributed by atoms with E-state index in [-0.39, 0.29) is 17.9 Å². The first-order valence-corrected chi connectivity index (χ1v) is 11.0. The number of rotatable bonds is 8. The summed E-state index contributed by atoms with van der Waals surface area (Å²) < 4.78 is 15.7. The highest BCUT2D eigenvalue weighted by molar-refractivity contribution is 6.09. The minimum absolute atomic E-state index is 0.143. The summed E-state index contributed by atoms with van der Waals surface area (Å²) in [5, 5.41) is 12.2. The van der Waals surface area contributed by atoms with Gasteiger partial charge in [-0.2, -0.15) is 5.26 Å². The average molecular weight is 485 g/mol. The molecule has 0 saturated heterocycles. The van der Waals surface area contributed by atoms with Gasteiger partial charge in [0.25, 0.3) is 5.91 Å². The summed E-state index contributed by atoms with van der Waals surface area (Å²) in [6.07, 6.45) is 1.37. The summed E-state index contributed by atoms with van der Waals surface area (Å²) in [7, 11) is 1.44. The van der Waals surface area contributed by atoms with Crippen LogP contribution in [-0.2, 0) is 9.53 Å². The molecule has 0 aromatic heterocycles. The zero-order valence-corrected chi connectivity index (χ0v) is 20.0. The Bertz CT molecular complexity index is 1340. The molecule has 36 heavy (non-hydrogen) atoms. The van der Waals surface area contributed by atoms with Gasteiger partial charge in [-0.1, -0.05) is 23.8 Å². The van der Waals surface area contributed by atoms with E-state index < -0.39 is 17.8 Å². The van der Waals surface area contributed by atoms with Crippen LogP contribution in [0.5, 0.6) is 11.5 Å². The smallest absolute Gasteiger partial charge is 0.343 e. The van der Waals surface area contributed by atoms with Gasteiger partial charge >= 0.3 is 11.9 Å². The number of carbonyl (C=O) groups is 3. The normalized spacial score (nSPS) is 10.7. The van der Waals surface area contributed by atoms with Gasteiger partial charge in [0, 0.05) is 5.69 Å². The Labute approximate surface area is 208 Å². The maximum Gasteiger partial charge on any atom is 0.343 e. The van der Waals surface area contributed by atoms with Gasteiger partial charge in [-0.25, -0.2) is 9.59 Å². The third kappa shape index (κ3) is 6.58. The summed E-state index contributed by atoms with van der Waals surface area (Å²) in [5.41, 5.74) is 2.40. The first kappa shape index (κ1) is 25.7. The van der Waals surface area contributed by atoms with Crippen molar-refractivity contribution < 1.29 is 28.6 Å². The fourth-order valence-electron chi connectivity index (χ4n) is 3.13. The van der Waals surface area contributed by atoms with Crippen LogP contribution in [0.15, 0.2) is 72.3 Å². The molecule has 0 spiro atoms. The van der Waals surface area contributed by atoms with Gasteiger partial charge in [0.1, 0.15) is 11.6 Å². The van der Waals surface area contributed by atoms with Crippen LogP contribution in [0.1, 0.15) is 38.8 Å². The number of anilines is 1. The highest BCUT2D eigenvalue weighted by Gasteiger charge is 2.15. The first-order valence-electron chi connectivity index (χ1n) is 11.0. The van der Waals surface area contributed by atoms with Crippen LogP contribution in [0.3, 0.4) is 0 Å². The molecule has 3 rings (SSSR count). The Morgan fingerprint density at radius 2 is 1.56 bits per heavy atom. The minimum Gasteiger partial charge on any atom is -0.493 e. The van der Waals surface area contributed by atoms with Crippen LogP contribution in [-0.4, -0.2) is 31.6 Å². The molecule has 3 aromatic carbocycles. The number of carbonyl (C=O) groups excluding carboxylic acids is 3. The third-order valence-corrected chi connectivity index (χ3v) is 5.01. The molecule has 8 nitrogen and oxygen atoms in total. The van der Waals surface area contributed by atoms with E-state index in [0.717, 1.165) is 5.56 Å². The van der Waals surface area contributed by atoms with Gasteiger partial charge in [-0.05, 0) is 74.0 Å². The van der Waals surface area contributed by atoms with Crippen molar-refractivity contribution in [2.75, 3.05) is 19.0 Å². The minimum atomic E-state index is -0.643. The van der Waals surface area contributed by atoms with Crippen molar-refractivity contribution in [1.82, 2.24) is 0 Å². The van der Waals surface area contributed by atoms with Crippen molar-refractivity contribution in [1.29, 1.82) is 5.26 Å². The summed E-state index contributed by atoms with van der Waals surface area (Å²) in [6, 6.07) is 19.6. The molecule has 0 heterocycles. The summed E-state index contributed by atoms with van der Waals surface area (Å²) >= 11 is 0. The maximum absolute atomic E-state index is 12.7. The van der Waals surface area contributed by atoms with E-state index in [2.05, 4.69) is 5.32 Å². The number of benzene rings is 3. The van der Waals surface area contributed by atoms with E-state index in [1.165, 1.54) is 43.5 Å². The van der Waals surface area contributed by atoms with Crippen LogP contribution in [0.25, 0.3) is 6.08 Å². The lowest BCUT2D eigenvalue weighted by atomic mass is 10.1. The molecule has 0 saturated carbocycles. The fourth-order valence-corrected chi connectivity index (χ4v) is 3.13. The molecule has 0 bridgehead atoms. The van der Waals surface area contributed by atoms with E-state index in [1.807, 2.05) is 13.0 Å². The molecule has 1 amide bonds. The highest BCUT2D eigenvalue weighted by Crippen LogP contribution is 2.30. The van der Waals surface area contributed by atoms with Crippen molar-refractivity contribution in [3.8, 4) is 17.6 Å². The molecule has 0 unspecified atom stereocenters. The number of amides is 1. The summed E-state index contributed by atoms with van der Waals surface area (Å²) in [5.74, 6) is -1.22. The molecule has 0 fully saturated rings. The maximum atomic E-state index is 12.7. The van der Waals surface area contributed by atoms with Crippen LogP contribution in [0, 0.1) is 18.3 Å². The number of nitrogens with zero attached hydrogens (tertiary/aromatic N) is 1. The number of ether oxygens (including phenoxy) is 3. The van der Waals surface area contributed by atoms with Gasteiger partial charge in [-0.3, -0.25) is 4.79 Å². The van der Waals surface area contributed by atoms with E-state index in [1.54, 1.807) is 43.3 Å². The lowest BCUT2D eigenvalue weighted by Crippen LogP contribution is -2.14. The summed E-state index contributed by atoms with van der Waals surface area (Å²) in [4.78, 5) is 37.0. The fraction of sp³-hybridized carbons (Fsp3) is 0.143. The van der Waals surface area contributed by atoms with Gasteiger partial charge in [0.15, 0.2) is 11.5 Å². The molecular weight excluding hydrogens is 460 g/mol. The molecule has 0 aliphatic rings. The van der Waals surface area contributed by atoms with E-state index in [9.17, 15) is 19.6 Å². The molecule has 8 heteroatoms. The Kier molecular flexibility index (Phi) is 8.57. The van der Waals surface area contributed by atoms with Gasteiger partial charge in [0.05, 0.1) is 24.8 Å². The van der Waals surface area contributed by atoms with E-state index in [4.69, 9.17) is 14.2 Å². The number of nitriles is 1. The third-order valence-electron chi connectivity index (χ3n) is 5.01. The molecule has 0 aliphatic heterocycles. The predicted octanol–water partition coefficient (Wildman–Crippen LogP) is 4.95. The number of nitrogens with one attached hydrogen (secondary N) is 1. The molecule has 0 atom stereocenters. The SMILES string of the molecule is CCOC(=O)c1ccc(NC(=O)/C(C#N)=C/c2ccc(OC)c(OC(=O)c3ccc(C)cc3)c2)cc1. The van der Waals surface area contributed by atoms with Crippen molar-refractivity contribution in [2.24, 2.45) is 0 Å². The number of hydrogen-bond acceptors (Lipinski definition) is 7. The number of esters is 2. The summed E-state index contributed by atoms with van der Waals surface area (Å²) in [6.45, 7) is 3.88. The number of methoxy groups -OCH3 is 1. The molecule has 182 valence electrons. The lowest BCUT2D eigenvalue weighted by Gasteiger charge is -2.11. The second kappa shape index (κ2) is 12.0. The molecule has 3 aromatic rings. The second-order valence-electron chi connectivity index (χ2n) is 7.59. The topological polar surface area (TPSA) is 115 Å². The standard InChI is InChI=1S/C28H24N2O6/c1-4-35-27(32)20-10-12-23(13-11-20)30-26(31)22(17-29)15-19-7-14-24(34-3)25(16-19)36-28(33)21-8-5-18(2)6-9-21/h5-16H,4H2,1-3H3,(H,30,31)/b22-15+. The van der Waals surface area contributed by atoms with Gasteiger partial charge in [-0.15, -0.1) is 0 Å². The van der Waals surface area contributed by atoms with Gasteiger partial charge < -0.3 is 19.5 Å².